The molecule has 0 unspecified atom stereocenters. The van der Waals surface area contributed by atoms with E-state index in [0.717, 1.165) is 12.1 Å². The topological polar surface area (TPSA) is 55.5 Å². The molecule has 0 aliphatic rings. The maximum Gasteiger partial charge on any atom is 0.163 e. The van der Waals surface area contributed by atoms with Crippen LogP contribution in [0, 0.1) is 5.82 Å². The Hall–Kier alpha value is -1.55. The predicted molar refractivity (Wildman–Crippen MR) is 51.7 cm³/mol. The van der Waals surface area contributed by atoms with Crippen LogP contribution in [0.1, 0.15) is 11.6 Å². The van der Waals surface area contributed by atoms with Gasteiger partial charge >= 0.3 is 0 Å². The van der Waals surface area contributed by atoms with Gasteiger partial charge in [-0.15, -0.1) is 6.58 Å². The number of phenolic OH excluding ortho intramolecular Hbond substituents is 1. The fourth-order valence-electron chi connectivity index (χ4n) is 1.13. The Balaban J connectivity index is 3.28. The van der Waals surface area contributed by atoms with Crippen molar-refractivity contribution >= 4 is 0 Å². The van der Waals surface area contributed by atoms with Crippen LogP contribution in [-0.2, 0) is 0 Å². The Bertz CT molecular complexity index is 352. The molecule has 0 spiro atoms. The number of benzene rings is 1. The van der Waals surface area contributed by atoms with Gasteiger partial charge in [-0.25, -0.2) is 4.39 Å². The fourth-order valence-corrected chi connectivity index (χ4v) is 1.13. The summed E-state index contributed by atoms with van der Waals surface area (Å²) in [4.78, 5) is 0. The number of hydrogen-bond acceptors (Lipinski definition) is 3. The number of rotatable bonds is 3. The third-order valence-electron chi connectivity index (χ3n) is 1.90. The fraction of sp³-hybridized carbons (Fsp3) is 0.200. The lowest BCUT2D eigenvalue weighted by atomic mass is 10.1. The summed E-state index contributed by atoms with van der Waals surface area (Å²) in [5.41, 5.74) is 5.85. The molecule has 1 atom stereocenters. The minimum absolute atomic E-state index is 0.0669. The third-order valence-corrected chi connectivity index (χ3v) is 1.90. The highest BCUT2D eigenvalue weighted by molar-refractivity contribution is 5.48. The highest BCUT2D eigenvalue weighted by atomic mass is 19.1. The third kappa shape index (κ3) is 1.85. The zero-order chi connectivity index (χ0) is 10.7. The van der Waals surface area contributed by atoms with Crippen LogP contribution < -0.4 is 10.5 Å². The van der Waals surface area contributed by atoms with Gasteiger partial charge in [-0.3, -0.25) is 0 Å². The molecule has 0 saturated heterocycles. The van der Waals surface area contributed by atoms with Crippen molar-refractivity contribution in [1.29, 1.82) is 0 Å². The minimum Gasteiger partial charge on any atom is -0.504 e. The summed E-state index contributed by atoms with van der Waals surface area (Å²) >= 11 is 0. The van der Waals surface area contributed by atoms with Crippen molar-refractivity contribution in [1.82, 2.24) is 0 Å². The van der Waals surface area contributed by atoms with Crippen molar-refractivity contribution in [2.24, 2.45) is 5.73 Å². The molecule has 0 fully saturated rings. The Labute approximate surface area is 81.6 Å². The van der Waals surface area contributed by atoms with E-state index >= 15 is 0 Å². The predicted octanol–water partition coefficient (Wildman–Crippen LogP) is 1.73. The van der Waals surface area contributed by atoms with Crippen molar-refractivity contribution in [3.05, 3.63) is 36.2 Å². The van der Waals surface area contributed by atoms with E-state index in [0.29, 0.717) is 0 Å². The van der Waals surface area contributed by atoms with Gasteiger partial charge in [-0.2, -0.15) is 0 Å². The standard InChI is InChI=1S/C10H12FNO2/c1-3-8(12)7-4-6(11)5-9(14-2)10(7)13/h3-5,8,13H,1,12H2,2H3/t8-/m0/s1. The SMILES string of the molecule is C=C[C@H](N)c1cc(F)cc(OC)c1O. The second-order valence-electron chi connectivity index (χ2n) is 2.81. The lowest BCUT2D eigenvalue weighted by molar-refractivity contribution is 0.366. The summed E-state index contributed by atoms with van der Waals surface area (Å²) in [6.07, 6.45) is 1.41. The Morgan fingerprint density at radius 3 is 2.79 bits per heavy atom. The van der Waals surface area contributed by atoms with E-state index in [4.69, 9.17) is 10.5 Å². The van der Waals surface area contributed by atoms with Gasteiger partial charge in [0, 0.05) is 11.6 Å². The molecule has 1 rings (SSSR count). The summed E-state index contributed by atoms with van der Waals surface area (Å²) in [6.45, 7) is 3.46. The molecule has 3 N–H and O–H groups in total. The van der Waals surface area contributed by atoms with Gasteiger partial charge in [-0.1, -0.05) is 6.08 Å². The first-order valence-corrected chi connectivity index (χ1v) is 4.04. The number of halogens is 1. The summed E-state index contributed by atoms with van der Waals surface area (Å²) < 4.78 is 17.8. The number of phenols is 1. The van der Waals surface area contributed by atoms with Crippen molar-refractivity contribution in [2.75, 3.05) is 7.11 Å². The van der Waals surface area contributed by atoms with Crippen LogP contribution in [0.2, 0.25) is 0 Å². The van der Waals surface area contributed by atoms with E-state index in [9.17, 15) is 9.50 Å². The molecule has 1 aromatic carbocycles. The zero-order valence-electron chi connectivity index (χ0n) is 7.83. The molecule has 0 radical (unpaired) electrons. The molecule has 1 aromatic rings. The van der Waals surface area contributed by atoms with Gasteiger partial charge in [0.25, 0.3) is 0 Å². The van der Waals surface area contributed by atoms with E-state index < -0.39 is 11.9 Å². The normalized spacial score (nSPS) is 12.2. The molecule has 3 nitrogen and oxygen atoms in total. The van der Waals surface area contributed by atoms with Gasteiger partial charge in [0.2, 0.25) is 0 Å². The first-order valence-electron chi connectivity index (χ1n) is 4.04. The molecule has 76 valence electrons. The molecule has 0 aliphatic heterocycles. The van der Waals surface area contributed by atoms with E-state index in [1.54, 1.807) is 0 Å². The van der Waals surface area contributed by atoms with E-state index in [2.05, 4.69) is 6.58 Å². The van der Waals surface area contributed by atoms with Crippen LogP contribution >= 0.6 is 0 Å². The van der Waals surface area contributed by atoms with Crippen LogP contribution in [0.5, 0.6) is 11.5 Å². The minimum atomic E-state index is -0.611. The molecule has 0 aliphatic carbocycles. The average Bonchev–Trinajstić information content (AvgIpc) is 2.19. The molecule has 4 heteroatoms. The monoisotopic (exact) mass is 197 g/mol. The highest BCUT2D eigenvalue weighted by Gasteiger charge is 2.14. The Kier molecular flexibility index (Phi) is 3.09. The Morgan fingerprint density at radius 1 is 1.64 bits per heavy atom. The maximum absolute atomic E-state index is 13.0. The number of nitrogens with two attached hydrogens (primary N) is 1. The summed E-state index contributed by atoms with van der Waals surface area (Å²) in [6, 6.07) is 1.64. The lowest BCUT2D eigenvalue weighted by Crippen LogP contribution is -2.07. The summed E-state index contributed by atoms with van der Waals surface area (Å²) in [5, 5.41) is 9.60. The first kappa shape index (κ1) is 10.5. The molecule has 0 amide bonds. The number of ether oxygens (including phenoxy) is 1. The van der Waals surface area contributed by atoms with E-state index in [-0.39, 0.29) is 17.1 Å². The molecule has 0 saturated carbocycles. The molecular formula is C10H12FNO2. The van der Waals surface area contributed by atoms with Gasteiger partial charge in [0.05, 0.1) is 13.2 Å². The van der Waals surface area contributed by atoms with Crippen molar-refractivity contribution in [3.63, 3.8) is 0 Å². The van der Waals surface area contributed by atoms with Crippen LogP contribution in [0.25, 0.3) is 0 Å². The van der Waals surface area contributed by atoms with Gasteiger partial charge in [-0.05, 0) is 6.07 Å². The lowest BCUT2D eigenvalue weighted by Gasteiger charge is -2.12. The van der Waals surface area contributed by atoms with Crippen LogP contribution in [0.4, 0.5) is 4.39 Å². The van der Waals surface area contributed by atoms with E-state index in [1.165, 1.54) is 13.2 Å². The zero-order valence-corrected chi connectivity index (χ0v) is 7.83. The van der Waals surface area contributed by atoms with Crippen LogP contribution in [0.3, 0.4) is 0 Å². The number of hydrogen-bond donors (Lipinski definition) is 2. The van der Waals surface area contributed by atoms with Crippen molar-refractivity contribution < 1.29 is 14.2 Å². The molecule has 14 heavy (non-hydrogen) atoms. The van der Waals surface area contributed by atoms with Crippen molar-refractivity contribution in [3.8, 4) is 11.5 Å². The van der Waals surface area contributed by atoms with Gasteiger partial charge in [0.15, 0.2) is 11.5 Å². The second kappa shape index (κ2) is 4.11. The molecular weight excluding hydrogens is 185 g/mol. The summed E-state index contributed by atoms with van der Waals surface area (Å²) in [5.74, 6) is -0.592. The van der Waals surface area contributed by atoms with Crippen LogP contribution in [-0.4, -0.2) is 12.2 Å². The van der Waals surface area contributed by atoms with E-state index in [1.807, 2.05) is 0 Å². The molecule has 0 bridgehead atoms. The smallest absolute Gasteiger partial charge is 0.163 e. The Morgan fingerprint density at radius 2 is 2.29 bits per heavy atom. The number of aromatic hydroxyl groups is 1. The molecule has 0 aromatic heterocycles. The van der Waals surface area contributed by atoms with Gasteiger partial charge < -0.3 is 15.6 Å². The van der Waals surface area contributed by atoms with Crippen LogP contribution in [0.15, 0.2) is 24.8 Å². The quantitative estimate of drug-likeness (QED) is 0.725. The number of methoxy groups -OCH3 is 1. The highest BCUT2D eigenvalue weighted by Crippen LogP contribution is 2.34. The second-order valence-corrected chi connectivity index (χ2v) is 2.81. The average molecular weight is 197 g/mol. The molecule has 0 heterocycles. The largest absolute Gasteiger partial charge is 0.504 e. The first-order chi connectivity index (χ1) is 6.60. The van der Waals surface area contributed by atoms with Crippen molar-refractivity contribution in [2.45, 2.75) is 6.04 Å². The maximum atomic E-state index is 13.0. The summed E-state index contributed by atoms with van der Waals surface area (Å²) in [7, 11) is 1.34. The van der Waals surface area contributed by atoms with Gasteiger partial charge in [0.1, 0.15) is 5.82 Å².